The van der Waals surface area contributed by atoms with Crippen molar-refractivity contribution in [1.82, 2.24) is 15.1 Å². The Kier molecular flexibility index (Phi) is 4.90. The van der Waals surface area contributed by atoms with E-state index in [1.165, 1.54) is 7.11 Å². The number of aromatic nitrogens is 2. The summed E-state index contributed by atoms with van der Waals surface area (Å²) in [5.74, 6) is -0.304. The number of carbonyl (C=O) groups is 1. The van der Waals surface area contributed by atoms with Gasteiger partial charge in [-0.05, 0) is 24.6 Å². The van der Waals surface area contributed by atoms with Crippen LogP contribution in [-0.2, 0) is 17.8 Å². The van der Waals surface area contributed by atoms with Crippen LogP contribution in [0.25, 0.3) is 0 Å². The summed E-state index contributed by atoms with van der Waals surface area (Å²) in [7, 11) is 1.40. The van der Waals surface area contributed by atoms with Crippen LogP contribution >= 0.6 is 0 Å². The Morgan fingerprint density at radius 3 is 2.90 bits per heavy atom. The highest BCUT2D eigenvalue weighted by Gasteiger charge is 2.11. The largest absolute Gasteiger partial charge is 0.465 e. The van der Waals surface area contributed by atoms with Crippen LogP contribution in [0.4, 0.5) is 0 Å². The monoisotopic (exact) mass is 273 g/mol. The quantitative estimate of drug-likeness (QED) is 0.816. The van der Waals surface area contributed by atoms with E-state index in [0.717, 1.165) is 12.1 Å². The molecule has 0 saturated heterocycles. The van der Waals surface area contributed by atoms with Crippen LogP contribution in [0, 0.1) is 0 Å². The highest BCUT2D eigenvalue weighted by atomic mass is 16.5. The number of carbonyl (C=O) groups excluding carboxylic acids is 1. The minimum Gasteiger partial charge on any atom is -0.465 e. The second kappa shape index (κ2) is 6.86. The third-order valence-corrected chi connectivity index (χ3v) is 3.08. The van der Waals surface area contributed by atoms with E-state index in [1.54, 1.807) is 12.3 Å². The molecule has 0 spiro atoms. The Morgan fingerprint density at radius 1 is 1.40 bits per heavy atom. The van der Waals surface area contributed by atoms with Gasteiger partial charge in [0.2, 0.25) is 0 Å². The zero-order chi connectivity index (χ0) is 14.4. The number of ether oxygens (including phenoxy) is 1. The van der Waals surface area contributed by atoms with Crippen LogP contribution in [0.2, 0.25) is 0 Å². The highest BCUT2D eigenvalue weighted by Crippen LogP contribution is 2.10. The van der Waals surface area contributed by atoms with Crippen molar-refractivity contribution in [2.75, 3.05) is 7.11 Å². The number of nitrogens with one attached hydrogen (secondary N) is 1. The molecule has 1 heterocycles. The molecule has 5 nitrogen and oxygen atoms in total. The van der Waals surface area contributed by atoms with Crippen LogP contribution in [0.5, 0.6) is 0 Å². The summed E-state index contributed by atoms with van der Waals surface area (Å²) < 4.78 is 6.67. The molecule has 5 heteroatoms. The van der Waals surface area contributed by atoms with Crippen molar-refractivity contribution in [2.24, 2.45) is 0 Å². The van der Waals surface area contributed by atoms with E-state index in [9.17, 15) is 4.79 Å². The number of benzene rings is 1. The van der Waals surface area contributed by atoms with E-state index in [1.807, 2.05) is 35.1 Å². The molecule has 0 bridgehead atoms. The zero-order valence-corrected chi connectivity index (χ0v) is 11.7. The molecule has 0 aliphatic rings. The Balaban J connectivity index is 1.95. The summed E-state index contributed by atoms with van der Waals surface area (Å²) in [5.41, 5.74) is 1.54. The molecule has 1 N–H and O–H groups in total. The fourth-order valence-electron chi connectivity index (χ4n) is 2.02. The molecule has 0 radical (unpaired) electrons. The summed E-state index contributed by atoms with van der Waals surface area (Å²) in [6.07, 6.45) is 3.69. The van der Waals surface area contributed by atoms with E-state index >= 15 is 0 Å². The number of hydrogen-bond donors (Lipinski definition) is 1. The first-order valence-electron chi connectivity index (χ1n) is 6.57. The van der Waals surface area contributed by atoms with Crippen molar-refractivity contribution in [3.05, 3.63) is 53.9 Å². The van der Waals surface area contributed by atoms with Crippen molar-refractivity contribution in [3.63, 3.8) is 0 Å². The van der Waals surface area contributed by atoms with Crippen LogP contribution < -0.4 is 5.32 Å². The lowest BCUT2D eigenvalue weighted by molar-refractivity contribution is 0.0599. The molecule has 1 atom stereocenters. The molecule has 2 rings (SSSR count). The number of rotatable bonds is 6. The summed E-state index contributed by atoms with van der Waals surface area (Å²) in [5, 5.41) is 7.56. The molecule has 0 aliphatic carbocycles. The van der Waals surface area contributed by atoms with E-state index in [4.69, 9.17) is 4.74 Å². The van der Waals surface area contributed by atoms with Gasteiger partial charge in [-0.2, -0.15) is 5.10 Å². The Hall–Kier alpha value is -2.14. The van der Waals surface area contributed by atoms with Crippen molar-refractivity contribution >= 4 is 5.97 Å². The number of esters is 1. The van der Waals surface area contributed by atoms with Gasteiger partial charge in [-0.3, -0.25) is 4.68 Å². The predicted molar refractivity (Wildman–Crippen MR) is 76.3 cm³/mol. The second-order valence-corrected chi connectivity index (χ2v) is 4.66. The zero-order valence-electron chi connectivity index (χ0n) is 11.7. The molecular formula is C15H19N3O2. The lowest BCUT2D eigenvalue weighted by Crippen LogP contribution is -2.30. The van der Waals surface area contributed by atoms with E-state index in [2.05, 4.69) is 17.3 Å². The van der Waals surface area contributed by atoms with Gasteiger partial charge >= 0.3 is 5.97 Å². The Labute approximate surface area is 118 Å². The molecule has 0 aliphatic heterocycles. The van der Waals surface area contributed by atoms with Gasteiger partial charge in [0.05, 0.1) is 19.2 Å². The number of nitrogens with zero attached hydrogens (tertiary/aromatic N) is 2. The average molecular weight is 273 g/mol. The SMILES string of the molecule is COC(=O)c1ccccc1CNC(C)Cn1cccn1. The predicted octanol–water partition coefficient (Wildman–Crippen LogP) is 1.85. The van der Waals surface area contributed by atoms with Gasteiger partial charge in [0, 0.05) is 25.0 Å². The fourth-order valence-corrected chi connectivity index (χ4v) is 2.02. The maximum atomic E-state index is 11.7. The second-order valence-electron chi connectivity index (χ2n) is 4.66. The van der Waals surface area contributed by atoms with Gasteiger partial charge in [-0.25, -0.2) is 4.79 Å². The molecule has 2 aromatic rings. The fraction of sp³-hybridized carbons (Fsp3) is 0.333. The highest BCUT2D eigenvalue weighted by molar-refractivity contribution is 5.90. The first-order chi connectivity index (χ1) is 9.70. The van der Waals surface area contributed by atoms with Crippen LogP contribution in [-0.4, -0.2) is 28.9 Å². The third-order valence-electron chi connectivity index (χ3n) is 3.08. The molecule has 20 heavy (non-hydrogen) atoms. The van der Waals surface area contributed by atoms with Gasteiger partial charge < -0.3 is 10.1 Å². The maximum absolute atomic E-state index is 11.7. The smallest absolute Gasteiger partial charge is 0.338 e. The summed E-state index contributed by atoms with van der Waals surface area (Å²) in [6, 6.07) is 9.62. The van der Waals surface area contributed by atoms with Crippen LogP contribution in [0.1, 0.15) is 22.8 Å². The van der Waals surface area contributed by atoms with Crippen LogP contribution in [0.15, 0.2) is 42.7 Å². The van der Waals surface area contributed by atoms with Crippen LogP contribution in [0.3, 0.4) is 0 Å². The maximum Gasteiger partial charge on any atom is 0.338 e. The van der Waals surface area contributed by atoms with Crippen molar-refractivity contribution in [2.45, 2.75) is 26.1 Å². The summed E-state index contributed by atoms with van der Waals surface area (Å²) >= 11 is 0. The molecule has 0 saturated carbocycles. The molecule has 1 aromatic heterocycles. The molecule has 1 unspecified atom stereocenters. The average Bonchev–Trinajstić information content (AvgIpc) is 2.97. The summed E-state index contributed by atoms with van der Waals surface area (Å²) in [4.78, 5) is 11.7. The minimum atomic E-state index is -0.304. The van der Waals surface area contributed by atoms with Crippen molar-refractivity contribution in [3.8, 4) is 0 Å². The van der Waals surface area contributed by atoms with Gasteiger partial charge in [0.25, 0.3) is 0 Å². The van der Waals surface area contributed by atoms with Gasteiger partial charge in [0.1, 0.15) is 0 Å². The molecular weight excluding hydrogens is 254 g/mol. The van der Waals surface area contributed by atoms with E-state index < -0.39 is 0 Å². The van der Waals surface area contributed by atoms with Gasteiger partial charge in [-0.15, -0.1) is 0 Å². The standard InChI is InChI=1S/C15H19N3O2/c1-12(11-18-9-5-8-17-18)16-10-13-6-3-4-7-14(13)15(19)20-2/h3-9,12,16H,10-11H2,1-2H3. The molecule has 0 amide bonds. The van der Waals surface area contributed by atoms with Crippen molar-refractivity contribution < 1.29 is 9.53 Å². The van der Waals surface area contributed by atoms with E-state index in [0.29, 0.717) is 12.1 Å². The topological polar surface area (TPSA) is 56.1 Å². The molecule has 106 valence electrons. The Morgan fingerprint density at radius 2 is 2.20 bits per heavy atom. The summed E-state index contributed by atoms with van der Waals surface area (Å²) in [6.45, 7) is 3.49. The lowest BCUT2D eigenvalue weighted by Gasteiger charge is -2.15. The minimum absolute atomic E-state index is 0.251. The Bertz CT molecular complexity index is 552. The first kappa shape index (κ1) is 14.3. The number of hydrogen-bond acceptors (Lipinski definition) is 4. The molecule has 1 aromatic carbocycles. The van der Waals surface area contributed by atoms with E-state index in [-0.39, 0.29) is 12.0 Å². The molecule has 0 fully saturated rings. The normalized spacial score (nSPS) is 12.1. The van der Waals surface area contributed by atoms with Gasteiger partial charge in [0.15, 0.2) is 0 Å². The van der Waals surface area contributed by atoms with Crippen molar-refractivity contribution in [1.29, 1.82) is 0 Å². The number of methoxy groups -OCH3 is 1. The third kappa shape index (κ3) is 3.68. The lowest BCUT2D eigenvalue weighted by atomic mass is 10.1. The van der Waals surface area contributed by atoms with Gasteiger partial charge in [-0.1, -0.05) is 18.2 Å². The first-order valence-corrected chi connectivity index (χ1v) is 6.57.